The highest BCUT2D eigenvalue weighted by atomic mass is 32.1. The normalized spacial score (nSPS) is 11.9. The van der Waals surface area contributed by atoms with Crippen LogP contribution < -0.4 is 25.3 Å². The highest BCUT2D eigenvalue weighted by Gasteiger charge is 2.12. The van der Waals surface area contributed by atoms with Gasteiger partial charge in [0.25, 0.3) is 11.5 Å². The van der Waals surface area contributed by atoms with Crippen LogP contribution in [0.3, 0.4) is 0 Å². The predicted molar refractivity (Wildman–Crippen MR) is 123 cm³/mol. The summed E-state index contributed by atoms with van der Waals surface area (Å²) in [5, 5.41) is 4.38. The first-order valence-electron chi connectivity index (χ1n) is 10.0. The monoisotopic (exact) mass is 450 g/mol. The van der Waals surface area contributed by atoms with Crippen LogP contribution >= 0.6 is 11.3 Å². The fraction of sp³-hybridized carbons (Fsp3) is 0.217. The number of thiazole rings is 1. The molecule has 164 valence electrons. The molecule has 4 rings (SSSR count). The van der Waals surface area contributed by atoms with Gasteiger partial charge in [-0.2, -0.15) is 9.50 Å². The van der Waals surface area contributed by atoms with Gasteiger partial charge in [0.15, 0.2) is 12.4 Å². The Morgan fingerprint density at radius 3 is 2.38 bits per heavy atom. The lowest BCUT2D eigenvalue weighted by molar-refractivity contribution is -0.119. The van der Waals surface area contributed by atoms with Crippen molar-refractivity contribution in [3.63, 3.8) is 0 Å². The maximum atomic E-state index is 12.8. The van der Waals surface area contributed by atoms with Gasteiger partial charge < -0.3 is 15.2 Å². The number of primary amides is 1. The Morgan fingerprint density at radius 2 is 1.75 bits per heavy atom. The van der Waals surface area contributed by atoms with Crippen LogP contribution in [0, 0.1) is 5.92 Å². The zero-order valence-electron chi connectivity index (χ0n) is 17.6. The zero-order valence-corrected chi connectivity index (χ0v) is 18.5. The van der Waals surface area contributed by atoms with Crippen molar-refractivity contribution in [2.75, 3.05) is 13.2 Å². The molecule has 32 heavy (non-hydrogen) atoms. The summed E-state index contributed by atoms with van der Waals surface area (Å²) in [5.74, 6) is 1.71. The van der Waals surface area contributed by atoms with E-state index < -0.39 is 5.91 Å². The predicted octanol–water partition coefficient (Wildman–Crippen LogP) is 2.26. The van der Waals surface area contributed by atoms with Crippen molar-refractivity contribution in [2.45, 2.75) is 13.8 Å². The van der Waals surface area contributed by atoms with E-state index in [4.69, 9.17) is 15.2 Å². The van der Waals surface area contributed by atoms with Gasteiger partial charge in [-0.25, -0.2) is 0 Å². The third-order valence-electron chi connectivity index (χ3n) is 4.44. The Labute approximate surface area is 187 Å². The molecule has 2 aromatic carbocycles. The Hall–Kier alpha value is -3.72. The molecule has 0 atom stereocenters. The molecule has 0 aliphatic rings. The number of ether oxygens (including phenoxy) is 2. The average Bonchev–Trinajstić information content (AvgIpc) is 3.31. The van der Waals surface area contributed by atoms with Crippen molar-refractivity contribution in [3.05, 3.63) is 69.0 Å². The van der Waals surface area contributed by atoms with Gasteiger partial charge in [-0.15, -0.1) is 5.10 Å². The molecule has 8 nitrogen and oxygen atoms in total. The van der Waals surface area contributed by atoms with Crippen molar-refractivity contribution in [1.29, 1.82) is 0 Å². The molecule has 0 saturated carbocycles. The Bertz CT molecular complexity index is 1340. The van der Waals surface area contributed by atoms with E-state index in [1.807, 2.05) is 24.3 Å². The third-order valence-corrected chi connectivity index (χ3v) is 5.40. The van der Waals surface area contributed by atoms with Gasteiger partial charge in [0.1, 0.15) is 11.5 Å². The number of fused-ring (bicyclic) bond motifs is 1. The van der Waals surface area contributed by atoms with Crippen LogP contribution in [0.15, 0.2) is 53.3 Å². The largest absolute Gasteiger partial charge is 0.493 e. The van der Waals surface area contributed by atoms with Crippen molar-refractivity contribution < 1.29 is 14.3 Å². The van der Waals surface area contributed by atoms with Crippen LogP contribution in [0.1, 0.15) is 19.4 Å². The van der Waals surface area contributed by atoms with E-state index in [2.05, 4.69) is 23.9 Å². The topological polar surface area (TPSA) is 109 Å². The SMILES string of the molecule is CC(C)COc1ccc(-c2nc3sc(=Cc4ccc(OCC(N)=O)cc4)c(=O)n3n2)cc1. The first-order valence-corrected chi connectivity index (χ1v) is 10.9. The zero-order chi connectivity index (χ0) is 22.7. The van der Waals surface area contributed by atoms with E-state index in [1.54, 1.807) is 30.3 Å². The highest BCUT2D eigenvalue weighted by Crippen LogP contribution is 2.21. The molecule has 0 aliphatic carbocycles. The maximum Gasteiger partial charge on any atom is 0.291 e. The molecule has 1 amide bonds. The molecule has 0 aliphatic heterocycles. The van der Waals surface area contributed by atoms with Crippen LogP contribution in [0.5, 0.6) is 11.5 Å². The molecule has 2 heterocycles. The van der Waals surface area contributed by atoms with E-state index in [9.17, 15) is 9.59 Å². The summed E-state index contributed by atoms with van der Waals surface area (Å²) < 4.78 is 12.8. The summed E-state index contributed by atoms with van der Waals surface area (Å²) in [5.41, 5.74) is 6.47. The molecule has 0 bridgehead atoms. The molecule has 0 fully saturated rings. The molecule has 4 aromatic rings. The second-order valence-electron chi connectivity index (χ2n) is 7.60. The van der Waals surface area contributed by atoms with Crippen molar-refractivity contribution in [3.8, 4) is 22.9 Å². The number of rotatable bonds is 8. The van der Waals surface area contributed by atoms with Crippen LogP contribution in [0.25, 0.3) is 22.4 Å². The molecule has 0 unspecified atom stereocenters. The summed E-state index contributed by atoms with van der Waals surface area (Å²) in [7, 11) is 0. The smallest absolute Gasteiger partial charge is 0.291 e. The molecule has 2 aromatic heterocycles. The fourth-order valence-electron chi connectivity index (χ4n) is 2.89. The van der Waals surface area contributed by atoms with Crippen LogP contribution in [-0.2, 0) is 4.79 Å². The van der Waals surface area contributed by atoms with Crippen molar-refractivity contribution >= 4 is 28.3 Å². The number of carbonyl (C=O) groups excluding carboxylic acids is 1. The highest BCUT2D eigenvalue weighted by molar-refractivity contribution is 7.15. The van der Waals surface area contributed by atoms with Crippen molar-refractivity contribution in [1.82, 2.24) is 14.6 Å². The van der Waals surface area contributed by atoms with Gasteiger partial charge in [0.05, 0.1) is 11.1 Å². The molecular formula is C23H22N4O4S. The second kappa shape index (κ2) is 9.19. The number of benzene rings is 2. The maximum absolute atomic E-state index is 12.8. The van der Waals surface area contributed by atoms with Crippen LogP contribution in [0.4, 0.5) is 0 Å². The van der Waals surface area contributed by atoms with Crippen LogP contribution in [-0.4, -0.2) is 33.7 Å². The summed E-state index contributed by atoms with van der Waals surface area (Å²) >= 11 is 1.27. The Balaban J connectivity index is 1.54. The number of amides is 1. The van der Waals surface area contributed by atoms with Gasteiger partial charge >= 0.3 is 0 Å². The minimum atomic E-state index is -0.541. The van der Waals surface area contributed by atoms with Gasteiger partial charge in [-0.3, -0.25) is 9.59 Å². The van der Waals surface area contributed by atoms with E-state index in [0.29, 0.717) is 33.6 Å². The number of carbonyl (C=O) groups is 1. The van der Waals surface area contributed by atoms with Crippen molar-refractivity contribution in [2.24, 2.45) is 11.7 Å². The standard InChI is InChI=1S/C23H22N4O4S/c1-14(2)12-30-18-9-5-16(6-10-18)21-25-23-27(26-21)22(29)19(32-23)11-15-3-7-17(8-4-15)31-13-20(24)28/h3-11,14H,12-13H2,1-2H3,(H2,24,28). The van der Waals surface area contributed by atoms with E-state index in [0.717, 1.165) is 16.9 Å². The lowest BCUT2D eigenvalue weighted by Crippen LogP contribution is -2.23. The molecule has 9 heteroatoms. The van der Waals surface area contributed by atoms with Gasteiger partial charge in [-0.05, 0) is 54.0 Å². The van der Waals surface area contributed by atoms with Gasteiger partial charge in [0, 0.05) is 5.56 Å². The second-order valence-corrected chi connectivity index (χ2v) is 8.61. The quantitative estimate of drug-likeness (QED) is 0.441. The summed E-state index contributed by atoms with van der Waals surface area (Å²) in [6, 6.07) is 14.5. The lowest BCUT2D eigenvalue weighted by atomic mass is 10.2. The third kappa shape index (κ3) is 4.94. The van der Waals surface area contributed by atoms with E-state index in [-0.39, 0.29) is 12.2 Å². The van der Waals surface area contributed by atoms with Gasteiger partial charge in [-0.1, -0.05) is 37.3 Å². The molecule has 0 saturated heterocycles. The minimum Gasteiger partial charge on any atom is -0.493 e. The Kier molecular flexibility index (Phi) is 6.18. The minimum absolute atomic E-state index is 0.183. The van der Waals surface area contributed by atoms with E-state index >= 15 is 0 Å². The fourth-order valence-corrected chi connectivity index (χ4v) is 3.79. The number of hydrogen-bond acceptors (Lipinski definition) is 7. The summed E-state index contributed by atoms with van der Waals surface area (Å²) in [6.45, 7) is 4.66. The Morgan fingerprint density at radius 1 is 1.09 bits per heavy atom. The average molecular weight is 451 g/mol. The first kappa shape index (κ1) is 21.5. The molecule has 0 radical (unpaired) electrons. The molecular weight excluding hydrogens is 428 g/mol. The molecule has 2 N–H and O–H groups in total. The number of nitrogens with zero attached hydrogens (tertiary/aromatic N) is 3. The van der Waals surface area contributed by atoms with Crippen LogP contribution in [0.2, 0.25) is 0 Å². The van der Waals surface area contributed by atoms with Gasteiger partial charge in [0.2, 0.25) is 4.96 Å². The number of nitrogens with two attached hydrogens (primary N) is 1. The lowest BCUT2D eigenvalue weighted by Gasteiger charge is -2.08. The number of hydrogen-bond donors (Lipinski definition) is 1. The molecule has 0 spiro atoms. The summed E-state index contributed by atoms with van der Waals surface area (Å²) in [4.78, 5) is 28.6. The number of aromatic nitrogens is 3. The van der Waals surface area contributed by atoms with E-state index in [1.165, 1.54) is 15.9 Å². The summed E-state index contributed by atoms with van der Waals surface area (Å²) in [6.07, 6.45) is 1.77. The first-order chi connectivity index (χ1) is 15.4.